The van der Waals surface area contributed by atoms with E-state index in [1.54, 1.807) is 0 Å². The lowest BCUT2D eigenvalue weighted by Crippen LogP contribution is -1.99. The fraction of sp³-hybridized carbons (Fsp3) is 1.00. The molecule has 0 saturated heterocycles. The standard InChI is InChI=1S/C5H12O.C2H6O2/c1-4-6-5(2)3;3-1-2-4/h5H,4H2,1-3H3;3-4H,1-2H2. The van der Waals surface area contributed by atoms with Crippen molar-refractivity contribution >= 4 is 0 Å². The van der Waals surface area contributed by atoms with Gasteiger partial charge in [-0.05, 0) is 20.8 Å². The van der Waals surface area contributed by atoms with Crippen LogP contribution in [0.25, 0.3) is 0 Å². The van der Waals surface area contributed by atoms with Crippen molar-refractivity contribution < 1.29 is 14.9 Å². The summed E-state index contributed by atoms with van der Waals surface area (Å²) in [7, 11) is 0. The van der Waals surface area contributed by atoms with Gasteiger partial charge in [0, 0.05) is 6.61 Å². The molecular formula is C7H18O3. The van der Waals surface area contributed by atoms with Gasteiger partial charge in [0.25, 0.3) is 0 Å². The molecule has 0 rings (SSSR count). The van der Waals surface area contributed by atoms with Crippen molar-refractivity contribution in [2.45, 2.75) is 26.9 Å². The van der Waals surface area contributed by atoms with Crippen molar-refractivity contribution in [3.63, 3.8) is 0 Å². The van der Waals surface area contributed by atoms with Crippen molar-refractivity contribution in [2.75, 3.05) is 19.8 Å². The molecule has 3 heteroatoms. The molecule has 10 heavy (non-hydrogen) atoms. The summed E-state index contributed by atoms with van der Waals surface area (Å²) in [4.78, 5) is 0. The first-order valence-electron chi connectivity index (χ1n) is 3.52. The van der Waals surface area contributed by atoms with Gasteiger partial charge in [0.1, 0.15) is 0 Å². The van der Waals surface area contributed by atoms with E-state index in [1.165, 1.54) is 0 Å². The van der Waals surface area contributed by atoms with Crippen molar-refractivity contribution in [2.24, 2.45) is 0 Å². The second-order valence-electron chi connectivity index (χ2n) is 1.95. The molecule has 3 nitrogen and oxygen atoms in total. The van der Waals surface area contributed by atoms with Crippen molar-refractivity contribution in [3.05, 3.63) is 0 Å². The van der Waals surface area contributed by atoms with Gasteiger partial charge in [-0.2, -0.15) is 0 Å². The average Bonchev–Trinajstić information content (AvgIpc) is 1.89. The van der Waals surface area contributed by atoms with Crippen LogP contribution >= 0.6 is 0 Å². The number of aliphatic hydroxyl groups excluding tert-OH is 2. The minimum atomic E-state index is -0.125. The predicted molar refractivity (Wildman–Crippen MR) is 40.9 cm³/mol. The Morgan fingerprint density at radius 3 is 1.60 bits per heavy atom. The summed E-state index contributed by atoms with van der Waals surface area (Å²) in [5.41, 5.74) is 0. The zero-order valence-electron chi connectivity index (χ0n) is 7.00. The van der Waals surface area contributed by atoms with Crippen molar-refractivity contribution in [1.82, 2.24) is 0 Å². The molecule has 0 radical (unpaired) electrons. The summed E-state index contributed by atoms with van der Waals surface area (Å²) in [5.74, 6) is 0. The number of aliphatic hydroxyl groups is 2. The van der Waals surface area contributed by atoms with Gasteiger partial charge in [-0.1, -0.05) is 0 Å². The van der Waals surface area contributed by atoms with Crippen LogP contribution in [-0.4, -0.2) is 36.1 Å². The Morgan fingerprint density at radius 2 is 1.60 bits per heavy atom. The molecule has 0 spiro atoms. The van der Waals surface area contributed by atoms with Gasteiger partial charge in [-0.15, -0.1) is 0 Å². The smallest absolute Gasteiger partial charge is 0.0662 e. The first-order chi connectivity index (χ1) is 4.68. The monoisotopic (exact) mass is 150 g/mol. The third-order valence-corrected chi connectivity index (χ3v) is 0.600. The van der Waals surface area contributed by atoms with E-state index in [2.05, 4.69) is 0 Å². The molecule has 0 fully saturated rings. The molecule has 0 aromatic carbocycles. The highest BCUT2D eigenvalue weighted by molar-refractivity contribution is 4.30. The third kappa shape index (κ3) is 24.8. The highest BCUT2D eigenvalue weighted by atomic mass is 16.5. The largest absolute Gasteiger partial charge is 0.394 e. The molecule has 0 heterocycles. The Kier molecular flexibility index (Phi) is 14.6. The predicted octanol–water partition coefficient (Wildman–Crippen LogP) is 0.402. The molecule has 0 atom stereocenters. The number of rotatable bonds is 3. The lowest BCUT2D eigenvalue weighted by molar-refractivity contribution is 0.0899. The summed E-state index contributed by atoms with van der Waals surface area (Å²) in [5, 5.41) is 15.2. The molecule has 0 unspecified atom stereocenters. The summed E-state index contributed by atoms with van der Waals surface area (Å²) in [6, 6.07) is 0. The second kappa shape index (κ2) is 11.6. The Labute approximate surface area is 62.6 Å². The van der Waals surface area contributed by atoms with Crippen LogP contribution in [0.3, 0.4) is 0 Å². The molecule has 0 bridgehead atoms. The van der Waals surface area contributed by atoms with E-state index in [-0.39, 0.29) is 13.2 Å². The maximum absolute atomic E-state index is 7.62. The molecular weight excluding hydrogens is 132 g/mol. The minimum absolute atomic E-state index is 0.125. The quantitative estimate of drug-likeness (QED) is 0.612. The van der Waals surface area contributed by atoms with Gasteiger partial charge in [0.05, 0.1) is 19.3 Å². The van der Waals surface area contributed by atoms with Crippen LogP contribution < -0.4 is 0 Å². The van der Waals surface area contributed by atoms with E-state index in [4.69, 9.17) is 14.9 Å². The SMILES string of the molecule is CCOC(C)C.OCCO. The van der Waals surface area contributed by atoms with Gasteiger partial charge >= 0.3 is 0 Å². The van der Waals surface area contributed by atoms with E-state index >= 15 is 0 Å². The summed E-state index contributed by atoms with van der Waals surface area (Å²) in [6.45, 7) is 6.64. The maximum atomic E-state index is 7.62. The van der Waals surface area contributed by atoms with Gasteiger partial charge in [-0.25, -0.2) is 0 Å². The normalized spacial score (nSPS) is 9.00. The van der Waals surface area contributed by atoms with E-state index in [0.717, 1.165) is 6.61 Å². The van der Waals surface area contributed by atoms with Crippen molar-refractivity contribution in [1.29, 1.82) is 0 Å². The van der Waals surface area contributed by atoms with Gasteiger partial charge in [0.15, 0.2) is 0 Å². The van der Waals surface area contributed by atoms with Gasteiger partial charge in [-0.3, -0.25) is 0 Å². The van der Waals surface area contributed by atoms with Crippen LogP contribution in [0.1, 0.15) is 20.8 Å². The summed E-state index contributed by atoms with van der Waals surface area (Å²) in [6.07, 6.45) is 0.398. The minimum Gasteiger partial charge on any atom is -0.394 e. The molecule has 0 aromatic rings. The number of hydrogen-bond acceptors (Lipinski definition) is 3. The highest BCUT2D eigenvalue weighted by Crippen LogP contribution is 1.83. The van der Waals surface area contributed by atoms with E-state index in [1.807, 2.05) is 20.8 Å². The maximum Gasteiger partial charge on any atom is 0.0662 e. The topological polar surface area (TPSA) is 49.7 Å². The van der Waals surface area contributed by atoms with Crippen molar-refractivity contribution in [3.8, 4) is 0 Å². The zero-order valence-corrected chi connectivity index (χ0v) is 7.00. The van der Waals surface area contributed by atoms with Crippen LogP contribution in [0.4, 0.5) is 0 Å². The molecule has 0 saturated carbocycles. The number of hydrogen-bond donors (Lipinski definition) is 2. The lowest BCUT2D eigenvalue weighted by atomic mass is 10.5. The molecule has 64 valence electrons. The van der Waals surface area contributed by atoms with E-state index < -0.39 is 0 Å². The van der Waals surface area contributed by atoms with Crippen LogP contribution in [0.15, 0.2) is 0 Å². The first kappa shape index (κ1) is 12.5. The summed E-state index contributed by atoms with van der Waals surface area (Å²) < 4.78 is 5.04. The Morgan fingerprint density at radius 1 is 1.20 bits per heavy atom. The Bertz CT molecular complexity index is 44.1. The molecule has 0 aliphatic rings. The Hall–Kier alpha value is -0.120. The third-order valence-electron chi connectivity index (χ3n) is 0.600. The molecule has 0 aliphatic heterocycles. The highest BCUT2D eigenvalue weighted by Gasteiger charge is 1.83. The first-order valence-corrected chi connectivity index (χ1v) is 3.52. The fourth-order valence-corrected chi connectivity index (χ4v) is 0.333. The lowest BCUT2D eigenvalue weighted by Gasteiger charge is -2.00. The van der Waals surface area contributed by atoms with E-state index in [9.17, 15) is 0 Å². The van der Waals surface area contributed by atoms with Gasteiger partial charge < -0.3 is 14.9 Å². The van der Waals surface area contributed by atoms with Crippen LogP contribution in [0, 0.1) is 0 Å². The molecule has 0 amide bonds. The zero-order chi connectivity index (χ0) is 8.41. The van der Waals surface area contributed by atoms with Crippen LogP contribution in [0.2, 0.25) is 0 Å². The average molecular weight is 150 g/mol. The number of ether oxygens (including phenoxy) is 1. The fourth-order valence-electron chi connectivity index (χ4n) is 0.333. The summed E-state index contributed by atoms with van der Waals surface area (Å²) >= 11 is 0. The molecule has 0 aromatic heterocycles. The van der Waals surface area contributed by atoms with Crippen LogP contribution in [0.5, 0.6) is 0 Å². The van der Waals surface area contributed by atoms with E-state index in [0.29, 0.717) is 6.10 Å². The second-order valence-corrected chi connectivity index (χ2v) is 1.95. The Balaban J connectivity index is 0. The van der Waals surface area contributed by atoms with Gasteiger partial charge in [0.2, 0.25) is 0 Å². The molecule has 2 N–H and O–H groups in total. The van der Waals surface area contributed by atoms with Crippen LogP contribution in [-0.2, 0) is 4.74 Å². The molecule has 0 aliphatic carbocycles.